The van der Waals surface area contributed by atoms with Crippen molar-refractivity contribution in [3.8, 4) is 0 Å². The third-order valence-corrected chi connectivity index (χ3v) is 3.57. The van der Waals surface area contributed by atoms with Crippen molar-refractivity contribution in [2.45, 2.75) is 25.3 Å². The number of aromatic nitrogens is 4. The number of H-pyrrole nitrogens is 1. The Morgan fingerprint density at radius 1 is 1.50 bits per heavy atom. The van der Waals surface area contributed by atoms with Crippen molar-refractivity contribution >= 4 is 11.5 Å². The zero-order valence-electron chi connectivity index (χ0n) is 9.97. The minimum atomic E-state index is -0.324. The molecule has 3 rings (SSSR count). The van der Waals surface area contributed by atoms with Crippen LogP contribution in [0, 0.1) is 5.92 Å². The van der Waals surface area contributed by atoms with Crippen molar-refractivity contribution in [1.29, 1.82) is 0 Å². The van der Waals surface area contributed by atoms with E-state index < -0.39 is 0 Å². The van der Waals surface area contributed by atoms with Gasteiger partial charge >= 0.3 is 5.69 Å². The van der Waals surface area contributed by atoms with E-state index in [-0.39, 0.29) is 5.69 Å². The zero-order valence-corrected chi connectivity index (χ0v) is 9.97. The van der Waals surface area contributed by atoms with Gasteiger partial charge < -0.3 is 11.1 Å². The Hall–Kier alpha value is -1.89. The Morgan fingerprint density at radius 3 is 3.22 bits per heavy atom. The summed E-state index contributed by atoms with van der Waals surface area (Å²) in [4.78, 5) is 11.4. The van der Waals surface area contributed by atoms with Crippen LogP contribution in [0.2, 0.25) is 0 Å². The number of anilines is 1. The monoisotopic (exact) mass is 248 g/mol. The van der Waals surface area contributed by atoms with Gasteiger partial charge in [-0.3, -0.25) is 0 Å². The molecule has 7 nitrogen and oxygen atoms in total. The smallest absolute Gasteiger partial charge is 0.364 e. The molecule has 7 heteroatoms. The SMILES string of the molecule is NCC1CCCC1Nc1ccc2n[nH]c(=O)n2n1. The number of hydrogen-bond donors (Lipinski definition) is 3. The molecule has 2 aromatic heterocycles. The maximum atomic E-state index is 11.4. The maximum Gasteiger partial charge on any atom is 0.364 e. The van der Waals surface area contributed by atoms with Crippen molar-refractivity contribution in [2.75, 3.05) is 11.9 Å². The Balaban J connectivity index is 1.86. The standard InChI is InChI=1S/C11H16N6O/c12-6-7-2-1-3-8(7)13-9-4-5-10-14-15-11(18)17(10)16-9/h4-5,7-8H,1-3,6,12H2,(H,13,16)(H,15,18). The van der Waals surface area contributed by atoms with Gasteiger partial charge in [0.25, 0.3) is 0 Å². The number of aromatic amines is 1. The van der Waals surface area contributed by atoms with Crippen LogP contribution < -0.4 is 16.7 Å². The minimum Gasteiger partial charge on any atom is -0.366 e. The summed E-state index contributed by atoms with van der Waals surface area (Å²) in [6.07, 6.45) is 3.44. The van der Waals surface area contributed by atoms with Crippen molar-refractivity contribution in [1.82, 2.24) is 19.8 Å². The molecule has 4 N–H and O–H groups in total. The van der Waals surface area contributed by atoms with E-state index in [1.54, 1.807) is 6.07 Å². The van der Waals surface area contributed by atoms with Crippen molar-refractivity contribution in [3.63, 3.8) is 0 Å². The molecule has 1 saturated carbocycles. The Labute approximate surface area is 103 Å². The van der Waals surface area contributed by atoms with E-state index in [0.717, 1.165) is 12.8 Å². The summed E-state index contributed by atoms with van der Waals surface area (Å²) < 4.78 is 1.26. The van der Waals surface area contributed by atoms with E-state index in [9.17, 15) is 4.79 Å². The van der Waals surface area contributed by atoms with Crippen LogP contribution in [0.3, 0.4) is 0 Å². The first-order valence-corrected chi connectivity index (χ1v) is 6.19. The number of nitrogens with zero attached hydrogens (tertiary/aromatic N) is 3. The number of fused-ring (bicyclic) bond motifs is 1. The van der Waals surface area contributed by atoms with Crippen LogP contribution in [0.1, 0.15) is 19.3 Å². The first kappa shape index (κ1) is 11.2. The zero-order chi connectivity index (χ0) is 12.5. The largest absolute Gasteiger partial charge is 0.366 e. The number of rotatable bonds is 3. The molecule has 0 amide bonds. The highest BCUT2D eigenvalue weighted by atomic mass is 16.2. The highest BCUT2D eigenvalue weighted by Gasteiger charge is 2.26. The number of hydrogen-bond acceptors (Lipinski definition) is 5. The Kier molecular flexibility index (Phi) is 2.75. The van der Waals surface area contributed by atoms with Crippen molar-refractivity contribution < 1.29 is 0 Å². The lowest BCUT2D eigenvalue weighted by atomic mass is 10.0. The van der Waals surface area contributed by atoms with Gasteiger partial charge in [0.1, 0.15) is 5.82 Å². The number of nitrogens with one attached hydrogen (secondary N) is 2. The lowest BCUT2D eigenvalue weighted by molar-refractivity contribution is 0.514. The van der Waals surface area contributed by atoms with Crippen LogP contribution >= 0.6 is 0 Å². The summed E-state index contributed by atoms with van der Waals surface area (Å²) >= 11 is 0. The molecule has 96 valence electrons. The van der Waals surface area contributed by atoms with Crippen LogP contribution in [0.25, 0.3) is 5.65 Å². The molecule has 0 radical (unpaired) electrons. The fourth-order valence-corrected chi connectivity index (χ4v) is 2.58. The highest BCUT2D eigenvalue weighted by molar-refractivity contribution is 5.43. The molecule has 1 aliphatic rings. The summed E-state index contributed by atoms with van der Waals surface area (Å²) in [7, 11) is 0. The minimum absolute atomic E-state index is 0.324. The Bertz CT molecular complexity index is 603. The van der Waals surface area contributed by atoms with Crippen molar-refractivity contribution in [3.05, 3.63) is 22.6 Å². The molecule has 0 bridgehead atoms. The van der Waals surface area contributed by atoms with Gasteiger partial charge in [-0.05, 0) is 37.4 Å². The van der Waals surface area contributed by atoms with E-state index in [4.69, 9.17) is 5.73 Å². The van der Waals surface area contributed by atoms with Gasteiger partial charge in [-0.1, -0.05) is 6.42 Å². The normalized spacial score (nSPS) is 23.6. The van der Waals surface area contributed by atoms with E-state index in [2.05, 4.69) is 20.6 Å². The summed E-state index contributed by atoms with van der Waals surface area (Å²) in [6, 6.07) is 3.95. The second-order valence-corrected chi connectivity index (χ2v) is 4.69. The number of nitrogens with two attached hydrogens (primary N) is 1. The molecule has 2 heterocycles. The maximum absolute atomic E-state index is 11.4. The molecule has 2 unspecified atom stereocenters. The second-order valence-electron chi connectivity index (χ2n) is 4.69. The highest BCUT2D eigenvalue weighted by Crippen LogP contribution is 2.27. The lowest BCUT2D eigenvalue weighted by Crippen LogP contribution is -2.30. The van der Waals surface area contributed by atoms with Gasteiger partial charge in [-0.15, -0.1) is 5.10 Å². The van der Waals surface area contributed by atoms with Crippen LogP contribution in [-0.2, 0) is 0 Å². The predicted octanol–water partition coefficient (Wildman–Crippen LogP) is -0.0431. The summed E-state index contributed by atoms with van der Waals surface area (Å²) in [5.74, 6) is 1.18. The third kappa shape index (κ3) is 1.86. The molecule has 2 aromatic rings. The fraction of sp³-hybridized carbons (Fsp3) is 0.545. The molecular formula is C11H16N6O. The van der Waals surface area contributed by atoms with Crippen LogP contribution in [-0.4, -0.2) is 32.4 Å². The molecule has 0 aromatic carbocycles. The summed E-state index contributed by atoms with van der Waals surface area (Å²) in [5.41, 5.74) is 5.94. The van der Waals surface area contributed by atoms with Crippen LogP contribution in [0.4, 0.5) is 5.82 Å². The van der Waals surface area contributed by atoms with Gasteiger partial charge in [0.05, 0.1) is 0 Å². The second kappa shape index (κ2) is 4.41. The topological polar surface area (TPSA) is 101 Å². The quantitative estimate of drug-likeness (QED) is 0.707. The molecule has 1 fully saturated rings. The van der Waals surface area contributed by atoms with E-state index in [1.807, 2.05) is 6.07 Å². The molecule has 2 atom stereocenters. The van der Waals surface area contributed by atoms with Gasteiger partial charge in [0.15, 0.2) is 5.65 Å². The van der Waals surface area contributed by atoms with Gasteiger partial charge in [0.2, 0.25) is 0 Å². The first-order chi connectivity index (χ1) is 8.78. The van der Waals surface area contributed by atoms with E-state index >= 15 is 0 Å². The fourth-order valence-electron chi connectivity index (χ4n) is 2.58. The molecule has 18 heavy (non-hydrogen) atoms. The van der Waals surface area contributed by atoms with Gasteiger partial charge in [0, 0.05) is 6.04 Å². The van der Waals surface area contributed by atoms with Gasteiger partial charge in [-0.2, -0.15) is 9.61 Å². The van der Waals surface area contributed by atoms with Gasteiger partial charge in [-0.25, -0.2) is 9.89 Å². The van der Waals surface area contributed by atoms with Crippen molar-refractivity contribution in [2.24, 2.45) is 11.7 Å². The molecule has 1 aliphatic carbocycles. The van der Waals surface area contributed by atoms with Crippen LogP contribution in [0.15, 0.2) is 16.9 Å². The molecule has 0 aliphatic heterocycles. The third-order valence-electron chi connectivity index (χ3n) is 3.57. The molecule has 0 saturated heterocycles. The summed E-state index contributed by atoms with van der Waals surface area (Å²) in [6.45, 7) is 0.686. The van der Waals surface area contributed by atoms with E-state index in [0.29, 0.717) is 30.0 Å². The van der Waals surface area contributed by atoms with E-state index in [1.165, 1.54) is 10.9 Å². The molecular weight excluding hydrogens is 232 g/mol. The Morgan fingerprint density at radius 2 is 2.39 bits per heavy atom. The predicted molar refractivity (Wildman–Crippen MR) is 67.4 cm³/mol. The average molecular weight is 248 g/mol. The first-order valence-electron chi connectivity index (χ1n) is 6.19. The average Bonchev–Trinajstić information content (AvgIpc) is 2.97. The lowest BCUT2D eigenvalue weighted by Gasteiger charge is -2.19. The van der Waals surface area contributed by atoms with Crippen LogP contribution in [0.5, 0.6) is 0 Å². The summed E-state index contributed by atoms with van der Waals surface area (Å²) in [5, 5.41) is 13.8. The molecule has 0 spiro atoms.